The lowest BCUT2D eigenvalue weighted by molar-refractivity contribution is -0.116. The SMILES string of the molecule is CCCCC(=O)Nc1ccc(NC(=O)/C=C/c2ccccc2)cc1OC. The van der Waals surface area contributed by atoms with E-state index in [1.165, 1.54) is 13.2 Å². The Bertz CT molecular complexity index is 770. The molecule has 0 unspecified atom stereocenters. The van der Waals surface area contributed by atoms with Crippen LogP contribution in [0.4, 0.5) is 11.4 Å². The molecule has 5 heteroatoms. The smallest absolute Gasteiger partial charge is 0.248 e. The summed E-state index contributed by atoms with van der Waals surface area (Å²) in [5, 5.41) is 5.62. The Labute approximate surface area is 154 Å². The highest BCUT2D eigenvalue weighted by Gasteiger charge is 2.09. The number of methoxy groups -OCH3 is 1. The third kappa shape index (κ3) is 6.09. The number of hydrogen-bond acceptors (Lipinski definition) is 3. The highest BCUT2D eigenvalue weighted by molar-refractivity contribution is 6.02. The molecule has 2 aromatic rings. The van der Waals surface area contributed by atoms with Crippen molar-refractivity contribution in [1.82, 2.24) is 0 Å². The predicted molar refractivity (Wildman–Crippen MR) is 105 cm³/mol. The molecule has 2 aromatic carbocycles. The molecule has 0 aliphatic carbocycles. The van der Waals surface area contributed by atoms with Crippen molar-refractivity contribution in [2.75, 3.05) is 17.7 Å². The van der Waals surface area contributed by atoms with Gasteiger partial charge in [-0.25, -0.2) is 0 Å². The van der Waals surface area contributed by atoms with Gasteiger partial charge in [0.25, 0.3) is 0 Å². The number of hydrogen-bond donors (Lipinski definition) is 2. The van der Waals surface area contributed by atoms with Gasteiger partial charge in [0, 0.05) is 24.3 Å². The molecule has 5 nitrogen and oxygen atoms in total. The molecular weight excluding hydrogens is 328 g/mol. The molecule has 0 atom stereocenters. The van der Waals surface area contributed by atoms with Crippen molar-refractivity contribution >= 4 is 29.3 Å². The van der Waals surface area contributed by atoms with Crippen LogP contribution >= 0.6 is 0 Å². The largest absolute Gasteiger partial charge is 0.494 e. The molecule has 0 bridgehead atoms. The second-order valence-electron chi connectivity index (χ2n) is 5.80. The molecule has 0 saturated heterocycles. The molecule has 0 aliphatic rings. The molecule has 136 valence electrons. The molecule has 0 heterocycles. The molecule has 2 rings (SSSR count). The van der Waals surface area contributed by atoms with Gasteiger partial charge >= 0.3 is 0 Å². The number of amides is 2. The second-order valence-corrected chi connectivity index (χ2v) is 5.80. The fourth-order valence-corrected chi connectivity index (χ4v) is 2.34. The minimum absolute atomic E-state index is 0.0484. The van der Waals surface area contributed by atoms with Gasteiger partial charge in [0.05, 0.1) is 12.8 Å². The van der Waals surface area contributed by atoms with Crippen molar-refractivity contribution < 1.29 is 14.3 Å². The van der Waals surface area contributed by atoms with Crippen molar-refractivity contribution in [3.05, 3.63) is 60.2 Å². The lowest BCUT2D eigenvalue weighted by Crippen LogP contribution is -2.12. The third-order valence-electron chi connectivity index (χ3n) is 3.73. The zero-order valence-electron chi connectivity index (χ0n) is 15.1. The summed E-state index contributed by atoms with van der Waals surface area (Å²) in [7, 11) is 1.53. The van der Waals surface area contributed by atoms with Gasteiger partial charge in [-0.05, 0) is 30.2 Å². The van der Waals surface area contributed by atoms with Crippen molar-refractivity contribution in [2.45, 2.75) is 26.2 Å². The highest BCUT2D eigenvalue weighted by atomic mass is 16.5. The van der Waals surface area contributed by atoms with Gasteiger partial charge in [-0.3, -0.25) is 9.59 Å². The maximum atomic E-state index is 12.1. The van der Waals surface area contributed by atoms with Crippen molar-refractivity contribution in [1.29, 1.82) is 0 Å². The molecule has 26 heavy (non-hydrogen) atoms. The minimum Gasteiger partial charge on any atom is -0.494 e. The molecule has 0 fully saturated rings. The van der Waals surface area contributed by atoms with Crippen LogP contribution in [0.25, 0.3) is 6.08 Å². The first kappa shape index (κ1) is 19.2. The van der Waals surface area contributed by atoms with E-state index in [1.54, 1.807) is 24.3 Å². The van der Waals surface area contributed by atoms with Crippen LogP contribution in [-0.4, -0.2) is 18.9 Å². The summed E-state index contributed by atoms with van der Waals surface area (Å²) in [6.07, 6.45) is 5.50. The molecule has 0 spiro atoms. The van der Waals surface area contributed by atoms with E-state index >= 15 is 0 Å². The number of ether oxygens (including phenoxy) is 1. The van der Waals surface area contributed by atoms with Crippen LogP contribution in [0.2, 0.25) is 0 Å². The van der Waals surface area contributed by atoms with Gasteiger partial charge < -0.3 is 15.4 Å². The average Bonchev–Trinajstić information content (AvgIpc) is 2.66. The van der Waals surface area contributed by atoms with Crippen LogP contribution in [0.3, 0.4) is 0 Å². The summed E-state index contributed by atoms with van der Waals surface area (Å²) in [5.41, 5.74) is 2.13. The molecule has 0 aliphatic heterocycles. The lowest BCUT2D eigenvalue weighted by Gasteiger charge is -2.12. The van der Waals surface area contributed by atoms with E-state index in [2.05, 4.69) is 10.6 Å². The topological polar surface area (TPSA) is 67.4 Å². The van der Waals surface area contributed by atoms with E-state index in [9.17, 15) is 9.59 Å². The molecule has 2 N–H and O–H groups in total. The monoisotopic (exact) mass is 352 g/mol. The Kier molecular flexibility index (Phi) is 7.43. The fraction of sp³-hybridized carbons (Fsp3) is 0.238. The van der Waals surface area contributed by atoms with E-state index in [0.717, 1.165) is 18.4 Å². The Hall–Kier alpha value is -3.08. The molecule has 0 aromatic heterocycles. The number of benzene rings is 2. The summed E-state index contributed by atoms with van der Waals surface area (Å²) in [5.74, 6) is 0.211. The molecule has 2 amide bonds. The first-order valence-corrected chi connectivity index (χ1v) is 8.64. The number of anilines is 2. The first-order chi connectivity index (χ1) is 12.6. The summed E-state index contributed by atoms with van der Waals surface area (Å²) in [6, 6.07) is 14.7. The van der Waals surface area contributed by atoms with Crippen LogP contribution in [0.5, 0.6) is 5.75 Å². The van der Waals surface area contributed by atoms with Crippen LogP contribution in [0.15, 0.2) is 54.6 Å². The predicted octanol–water partition coefficient (Wildman–Crippen LogP) is 4.48. The van der Waals surface area contributed by atoms with Gasteiger partial charge in [0.1, 0.15) is 5.75 Å². The van der Waals surface area contributed by atoms with Gasteiger partial charge in [0.2, 0.25) is 11.8 Å². The Morgan fingerprint density at radius 2 is 1.85 bits per heavy atom. The van der Waals surface area contributed by atoms with Gasteiger partial charge in [0.15, 0.2) is 0 Å². The van der Waals surface area contributed by atoms with Gasteiger partial charge in [-0.15, -0.1) is 0 Å². The maximum absolute atomic E-state index is 12.1. The number of nitrogens with one attached hydrogen (secondary N) is 2. The van der Waals surface area contributed by atoms with Crippen LogP contribution < -0.4 is 15.4 Å². The zero-order valence-corrected chi connectivity index (χ0v) is 15.1. The summed E-state index contributed by atoms with van der Waals surface area (Å²) in [4.78, 5) is 23.9. The number of unbranched alkanes of at least 4 members (excludes halogenated alkanes) is 1. The molecular formula is C21H24N2O3. The average molecular weight is 352 g/mol. The van der Waals surface area contributed by atoms with E-state index in [0.29, 0.717) is 23.5 Å². The van der Waals surface area contributed by atoms with Gasteiger partial charge in [-0.2, -0.15) is 0 Å². The normalized spacial score (nSPS) is 10.5. The lowest BCUT2D eigenvalue weighted by atomic mass is 10.2. The summed E-state index contributed by atoms with van der Waals surface area (Å²) >= 11 is 0. The van der Waals surface area contributed by atoms with E-state index in [4.69, 9.17) is 4.74 Å². The maximum Gasteiger partial charge on any atom is 0.248 e. The minimum atomic E-state index is -0.240. The summed E-state index contributed by atoms with van der Waals surface area (Å²) in [6.45, 7) is 2.04. The highest BCUT2D eigenvalue weighted by Crippen LogP contribution is 2.28. The summed E-state index contributed by atoms with van der Waals surface area (Å²) < 4.78 is 5.32. The fourth-order valence-electron chi connectivity index (χ4n) is 2.34. The third-order valence-corrected chi connectivity index (χ3v) is 3.73. The Balaban J connectivity index is 2.00. The number of carbonyl (C=O) groups excluding carboxylic acids is 2. The Morgan fingerprint density at radius 3 is 2.54 bits per heavy atom. The number of carbonyl (C=O) groups is 2. The quantitative estimate of drug-likeness (QED) is 0.689. The molecule has 0 radical (unpaired) electrons. The van der Waals surface area contributed by atoms with Gasteiger partial charge in [-0.1, -0.05) is 43.7 Å². The van der Waals surface area contributed by atoms with E-state index in [-0.39, 0.29) is 11.8 Å². The standard InChI is InChI=1S/C21H24N2O3/c1-3-4-10-20(24)23-18-13-12-17(15-19(18)26-2)22-21(25)14-11-16-8-6-5-7-9-16/h5-9,11-15H,3-4,10H2,1-2H3,(H,22,25)(H,23,24)/b14-11+. The van der Waals surface area contributed by atoms with Crippen LogP contribution in [0.1, 0.15) is 31.7 Å². The zero-order chi connectivity index (χ0) is 18.8. The number of rotatable bonds is 8. The van der Waals surface area contributed by atoms with Crippen LogP contribution in [-0.2, 0) is 9.59 Å². The second kappa shape index (κ2) is 10.0. The van der Waals surface area contributed by atoms with E-state index in [1.807, 2.05) is 37.3 Å². The molecule has 0 saturated carbocycles. The Morgan fingerprint density at radius 1 is 1.08 bits per heavy atom. The van der Waals surface area contributed by atoms with Crippen molar-refractivity contribution in [3.8, 4) is 5.75 Å². The van der Waals surface area contributed by atoms with Crippen LogP contribution in [0, 0.1) is 0 Å². The van der Waals surface area contributed by atoms with Crippen molar-refractivity contribution in [3.63, 3.8) is 0 Å². The first-order valence-electron chi connectivity index (χ1n) is 8.64. The van der Waals surface area contributed by atoms with Crippen molar-refractivity contribution in [2.24, 2.45) is 0 Å². The van der Waals surface area contributed by atoms with E-state index < -0.39 is 0 Å².